The van der Waals surface area contributed by atoms with Crippen LogP contribution in [0.1, 0.15) is 18.4 Å². The molecule has 0 radical (unpaired) electrons. The molecular weight excluding hydrogens is 372 g/mol. The summed E-state index contributed by atoms with van der Waals surface area (Å²) >= 11 is 0. The number of piperazine rings is 1. The van der Waals surface area contributed by atoms with E-state index < -0.39 is 0 Å². The summed E-state index contributed by atoms with van der Waals surface area (Å²) in [6.07, 6.45) is 4.85. The number of pyridine rings is 1. The fourth-order valence-electron chi connectivity index (χ4n) is 4.60. The first-order chi connectivity index (χ1) is 14.8. The molecule has 3 aromatic rings. The van der Waals surface area contributed by atoms with Crippen molar-refractivity contribution in [1.82, 2.24) is 14.5 Å². The zero-order chi connectivity index (χ0) is 20.3. The van der Waals surface area contributed by atoms with Crippen LogP contribution in [0.15, 0.2) is 48.7 Å². The van der Waals surface area contributed by atoms with Gasteiger partial charge in [-0.15, -0.1) is 0 Å². The lowest BCUT2D eigenvalue weighted by molar-refractivity contribution is 0.324. The molecule has 0 spiro atoms. The molecule has 2 saturated heterocycles. The Balaban J connectivity index is 1.25. The van der Waals surface area contributed by atoms with E-state index in [1.54, 1.807) is 0 Å². The number of anilines is 2. The SMILES string of the molecule is N#Cc1ccc(N2CCN(c3ccc4ccn(CCN5CCCC5)c4n3)CC2)cc1. The van der Waals surface area contributed by atoms with Crippen LogP contribution in [0, 0.1) is 11.3 Å². The van der Waals surface area contributed by atoms with Crippen molar-refractivity contribution >= 4 is 22.5 Å². The van der Waals surface area contributed by atoms with Crippen molar-refractivity contribution in [3.05, 3.63) is 54.2 Å². The first-order valence-corrected chi connectivity index (χ1v) is 11.0. The van der Waals surface area contributed by atoms with Crippen LogP contribution in [0.25, 0.3) is 11.0 Å². The van der Waals surface area contributed by atoms with Crippen molar-refractivity contribution in [1.29, 1.82) is 5.26 Å². The summed E-state index contributed by atoms with van der Waals surface area (Å²) < 4.78 is 2.31. The molecule has 1 aromatic carbocycles. The van der Waals surface area contributed by atoms with Gasteiger partial charge in [0.1, 0.15) is 11.5 Å². The number of fused-ring (bicyclic) bond motifs is 1. The molecular formula is C24H28N6. The van der Waals surface area contributed by atoms with Gasteiger partial charge in [-0.05, 0) is 68.4 Å². The molecule has 2 fully saturated rings. The van der Waals surface area contributed by atoms with Gasteiger partial charge in [-0.1, -0.05) is 0 Å². The van der Waals surface area contributed by atoms with Gasteiger partial charge in [-0.2, -0.15) is 5.26 Å². The van der Waals surface area contributed by atoms with E-state index in [1.807, 2.05) is 24.3 Å². The third-order valence-corrected chi connectivity index (χ3v) is 6.42. The van der Waals surface area contributed by atoms with Crippen molar-refractivity contribution in [2.24, 2.45) is 0 Å². The van der Waals surface area contributed by atoms with Crippen LogP contribution in [-0.2, 0) is 6.54 Å². The van der Waals surface area contributed by atoms with Crippen LogP contribution >= 0.6 is 0 Å². The molecule has 5 rings (SSSR count). The van der Waals surface area contributed by atoms with Crippen LogP contribution in [-0.4, -0.2) is 60.3 Å². The zero-order valence-corrected chi connectivity index (χ0v) is 17.4. The van der Waals surface area contributed by atoms with Crippen molar-refractivity contribution < 1.29 is 0 Å². The van der Waals surface area contributed by atoms with Gasteiger partial charge in [-0.25, -0.2) is 4.98 Å². The molecule has 0 N–H and O–H groups in total. The third kappa shape index (κ3) is 3.86. The summed E-state index contributed by atoms with van der Waals surface area (Å²) in [5.74, 6) is 1.07. The normalized spacial score (nSPS) is 17.6. The number of likely N-dealkylation sites (tertiary alicyclic amines) is 1. The van der Waals surface area contributed by atoms with E-state index in [4.69, 9.17) is 10.2 Å². The first-order valence-electron chi connectivity index (χ1n) is 11.0. The Bertz CT molecular complexity index is 1030. The Morgan fingerprint density at radius 1 is 0.800 bits per heavy atom. The molecule has 2 aromatic heterocycles. The monoisotopic (exact) mass is 400 g/mol. The molecule has 0 unspecified atom stereocenters. The van der Waals surface area contributed by atoms with Gasteiger partial charge in [0.25, 0.3) is 0 Å². The van der Waals surface area contributed by atoms with Crippen LogP contribution in [0.5, 0.6) is 0 Å². The Hall–Kier alpha value is -3.04. The number of rotatable bonds is 5. The maximum Gasteiger partial charge on any atom is 0.142 e. The van der Waals surface area contributed by atoms with Crippen molar-refractivity contribution in [2.75, 3.05) is 55.6 Å². The van der Waals surface area contributed by atoms with Crippen LogP contribution < -0.4 is 9.80 Å². The second kappa shape index (κ2) is 8.37. The summed E-state index contributed by atoms with van der Waals surface area (Å²) in [5, 5.41) is 10.2. The third-order valence-electron chi connectivity index (χ3n) is 6.42. The number of nitrogens with zero attached hydrogens (tertiary/aromatic N) is 6. The maximum absolute atomic E-state index is 8.99. The minimum atomic E-state index is 0.711. The number of hydrogen-bond donors (Lipinski definition) is 0. The Labute approximate surface area is 177 Å². The van der Waals surface area contributed by atoms with E-state index in [-0.39, 0.29) is 0 Å². The quantitative estimate of drug-likeness (QED) is 0.658. The van der Waals surface area contributed by atoms with Crippen molar-refractivity contribution in [3.8, 4) is 6.07 Å². The molecule has 2 aliphatic heterocycles. The second-order valence-corrected chi connectivity index (χ2v) is 8.27. The highest BCUT2D eigenvalue weighted by molar-refractivity contribution is 5.78. The lowest BCUT2D eigenvalue weighted by Gasteiger charge is -2.36. The molecule has 4 heterocycles. The highest BCUT2D eigenvalue weighted by Gasteiger charge is 2.19. The van der Waals surface area contributed by atoms with Crippen LogP contribution in [0.4, 0.5) is 11.5 Å². The summed E-state index contributed by atoms with van der Waals surface area (Å²) in [6, 6.07) is 16.6. The highest BCUT2D eigenvalue weighted by atomic mass is 15.3. The predicted octanol–water partition coefficient (Wildman–Crippen LogP) is 3.33. The number of benzene rings is 1. The van der Waals surface area contributed by atoms with Gasteiger partial charge in [0.15, 0.2) is 0 Å². The van der Waals surface area contributed by atoms with Crippen LogP contribution in [0.3, 0.4) is 0 Å². The molecule has 30 heavy (non-hydrogen) atoms. The molecule has 0 aliphatic carbocycles. The predicted molar refractivity (Wildman–Crippen MR) is 121 cm³/mol. The summed E-state index contributed by atoms with van der Waals surface area (Å²) in [5.41, 5.74) is 3.00. The fourth-order valence-corrected chi connectivity index (χ4v) is 4.60. The van der Waals surface area contributed by atoms with Crippen LogP contribution in [0.2, 0.25) is 0 Å². The van der Waals surface area contributed by atoms with E-state index in [2.05, 4.69) is 49.7 Å². The topological polar surface area (TPSA) is 51.3 Å². The van der Waals surface area contributed by atoms with Gasteiger partial charge in [0, 0.05) is 56.5 Å². The zero-order valence-electron chi connectivity index (χ0n) is 17.4. The second-order valence-electron chi connectivity index (χ2n) is 8.27. The Kier molecular flexibility index (Phi) is 5.29. The molecule has 6 nitrogen and oxygen atoms in total. The lowest BCUT2D eigenvalue weighted by atomic mass is 10.2. The van der Waals surface area contributed by atoms with E-state index in [0.29, 0.717) is 5.56 Å². The largest absolute Gasteiger partial charge is 0.368 e. The van der Waals surface area contributed by atoms with E-state index >= 15 is 0 Å². The summed E-state index contributed by atoms with van der Waals surface area (Å²) in [6.45, 7) is 8.41. The number of aromatic nitrogens is 2. The van der Waals surface area contributed by atoms with Crippen molar-refractivity contribution in [3.63, 3.8) is 0 Å². The number of hydrogen-bond acceptors (Lipinski definition) is 5. The van der Waals surface area contributed by atoms with E-state index in [1.165, 1.54) is 37.0 Å². The molecule has 6 heteroatoms. The molecule has 0 bridgehead atoms. The summed E-state index contributed by atoms with van der Waals surface area (Å²) in [7, 11) is 0. The Morgan fingerprint density at radius 3 is 2.27 bits per heavy atom. The minimum absolute atomic E-state index is 0.711. The molecule has 0 amide bonds. The first kappa shape index (κ1) is 19.0. The van der Waals surface area contributed by atoms with E-state index in [9.17, 15) is 0 Å². The summed E-state index contributed by atoms with van der Waals surface area (Å²) in [4.78, 5) is 12.4. The van der Waals surface area contributed by atoms with Gasteiger partial charge in [0.2, 0.25) is 0 Å². The maximum atomic E-state index is 8.99. The van der Waals surface area contributed by atoms with Gasteiger partial charge >= 0.3 is 0 Å². The van der Waals surface area contributed by atoms with E-state index in [0.717, 1.165) is 50.7 Å². The molecule has 2 aliphatic rings. The van der Waals surface area contributed by atoms with Gasteiger partial charge in [-0.3, -0.25) is 0 Å². The average Bonchev–Trinajstić information content (AvgIpc) is 3.47. The molecule has 154 valence electrons. The highest BCUT2D eigenvalue weighted by Crippen LogP contribution is 2.23. The van der Waals surface area contributed by atoms with Gasteiger partial charge < -0.3 is 19.3 Å². The molecule has 0 saturated carbocycles. The smallest absolute Gasteiger partial charge is 0.142 e. The van der Waals surface area contributed by atoms with Crippen molar-refractivity contribution in [2.45, 2.75) is 19.4 Å². The number of nitriles is 1. The minimum Gasteiger partial charge on any atom is -0.368 e. The van der Waals surface area contributed by atoms with Gasteiger partial charge in [0.05, 0.1) is 11.6 Å². The lowest BCUT2D eigenvalue weighted by Crippen LogP contribution is -2.46. The average molecular weight is 401 g/mol. The molecule has 0 atom stereocenters. The Morgan fingerprint density at radius 2 is 1.53 bits per heavy atom. The standard InChI is InChI=1S/C24H28N6/c25-19-20-3-6-22(7-4-20)28-15-17-29(18-16-28)23-8-5-21-9-12-30(24(21)26-23)14-13-27-10-1-2-11-27/h3-9,12H,1-2,10-11,13-18H2. The fraction of sp³-hybridized carbons (Fsp3) is 0.417.